The number of ether oxygens (including phenoxy) is 2. The number of benzene rings is 3. The van der Waals surface area contributed by atoms with Crippen LogP contribution >= 0.6 is 0 Å². The molecule has 1 heterocycles. The number of Topliss-reactive ketones (excluding diaryl/α,β-unsaturated/α-hetero) is 1. The van der Waals surface area contributed by atoms with Crippen molar-refractivity contribution in [3.8, 4) is 22.8 Å². The summed E-state index contributed by atoms with van der Waals surface area (Å²) < 4.78 is 37.8. The maximum atomic E-state index is 13.3. The Morgan fingerprint density at radius 2 is 1.61 bits per heavy atom. The summed E-state index contributed by atoms with van der Waals surface area (Å²) in [4.78, 5) is 28.1. The molecule has 0 aliphatic carbocycles. The van der Waals surface area contributed by atoms with Crippen molar-refractivity contribution in [2.75, 3.05) is 14.2 Å². The van der Waals surface area contributed by atoms with E-state index in [1.807, 2.05) is 35.1 Å². The van der Waals surface area contributed by atoms with E-state index in [-0.39, 0.29) is 52.0 Å². The molecule has 0 radical (unpaired) electrons. The molecular weight excluding hydrogens is 515 g/mol. The monoisotopic (exact) mass is 541 g/mol. The van der Waals surface area contributed by atoms with Crippen molar-refractivity contribution in [3.05, 3.63) is 84.4 Å². The summed E-state index contributed by atoms with van der Waals surface area (Å²) in [6.45, 7) is 5.56. The third-order valence-electron chi connectivity index (χ3n) is 5.94. The van der Waals surface area contributed by atoms with Gasteiger partial charge < -0.3 is 14.5 Å². The number of hydrogen-bond donors (Lipinski definition) is 2. The molecular formula is C28H26N2NaO6S+. The summed E-state index contributed by atoms with van der Waals surface area (Å²) in [6.07, 6.45) is 0.0276. The average Bonchev–Trinajstić information content (AvgIpc) is 3.35. The summed E-state index contributed by atoms with van der Waals surface area (Å²) in [5.74, 6) is -0.0777. The summed E-state index contributed by atoms with van der Waals surface area (Å²) in [7, 11) is -0.979. The molecule has 38 heavy (non-hydrogen) atoms. The molecule has 0 saturated carbocycles. The number of ketones is 1. The van der Waals surface area contributed by atoms with E-state index in [2.05, 4.69) is 11.6 Å². The smallest absolute Gasteiger partial charge is 0.496 e. The molecule has 0 aliphatic rings. The number of allylic oxidation sites excluding steroid dienone is 1. The van der Waals surface area contributed by atoms with Crippen molar-refractivity contribution >= 4 is 38.2 Å². The second-order valence-electron chi connectivity index (χ2n) is 8.24. The minimum Gasteiger partial charge on any atom is -0.496 e. The van der Waals surface area contributed by atoms with Gasteiger partial charge in [0.05, 0.1) is 24.8 Å². The molecule has 8 nitrogen and oxygen atoms in total. The van der Waals surface area contributed by atoms with Crippen molar-refractivity contribution in [3.63, 3.8) is 0 Å². The van der Waals surface area contributed by atoms with Crippen LogP contribution in [-0.2, 0) is 14.8 Å². The Kier molecular flexibility index (Phi) is 9.22. The first-order valence-corrected chi connectivity index (χ1v) is 12.9. The van der Waals surface area contributed by atoms with Gasteiger partial charge in [0.1, 0.15) is 11.5 Å². The quantitative estimate of drug-likeness (QED) is 0.190. The molecule has 0 aliphatic heterocycles. The van der Waals surface area contributed by atoms with E-state index in [4.69, 9.17) is 9.47 Å². The van der Waals surface area contributed by atoms with Crippen molar-refractivity contribution < 1.29 is 57.0 Å². The minimum absolute atomic E-state index is 0. The number of methoxy groups -OCH3 is 2. The van der Waals surface area contributed by atoms with Crippen LogP contribution in [0.25, 0.3) is 27.7 Å². The van der Waals surface area contributed by atoms with E-state index in [0.29, 0.717) is 17.1 Å². The number of para-hydroxylation sites is 1. The third-order valence-corrected chi connectivity index (χ3v) is 7.33. The number of nitrogens with one attached hydrogen (secondary N) is 2. The second kappa shape index (κ2) is 12.0. The Morgan fingerprint density at radius 1 is 0.947 bits per heavy atom. The Morgan fingerprint density at radius 3 is 2.21 bits per heavy atom. The summed E-state index contributed by atoms with van der Waals surface area (Å²) >= 11 is 0. The van der Waals surface area contributed by atoms with E-state index < -0.39 is 21.7 Å². The van der Waals surface area contributed by atoms with Gasteiger partial charge in [0.2, 0.25) is 5.91 Å². The zero-order valence-corrected chi connectivity index (χ0v) is 24.4. The van der Waals surface area contributed by atoms with Crippen LogP contribution in [0.5, 0.6) is 11.5 Å². The SMILES string of the molecule is C=C(C(=O)c1ccc(S(=O)(=O)NC(=O)CC)cc1)c1cc(-c2cc3ccccc3[nH]2)c(OC)cc1OC.[Na+]. The Bertz CT molecular complexity index is 1590. The molecule has 4 rings (SSSR count). The molecule has 0 unspecified atom stereocenters. The third kappa shape index (κ3) is 5.86. The molecule has 0 fully saturated rings. The standard InChI is InChI=1S/C28H26N2O6S.Na/c1-5-27(31)30-37(33,34)20-12-10-18(11-13-20)28(32)17(2)21-15-22(26(36-4)16-25(21)35-3)24-14-19-8-6-7-9-23(19)29-24;/h6-16,29H,2,5H2,1,3-4H3,(H,30,31);/q;+1. The van der Waals surface area contributed by atoms with Crippen molar-refractivity contribution in [2.45, 2.75) is 18.2 Å². The van der Waals surface area contributed by atoms with E-state index in [9.17, 15) is 18.0 Å². The number of carbonyl (C=O) groups is 2. The maximum absolute atomic E-state index is 13.3. The largest absolute Gasteiger partial charge is 1.00 e. The van der Waals surface area contributed by atoms with Crippen LogP contribution in [0.2, 0.25) is 0 Å². The van der Waals surface area contributed by atoms with Crippen molar-refractivity contribution in [1.29, 1.82) is 0 Å². The van der Waals surface area contributed by atoms with Crippen LogP contribution in [0.15, 0.2) is 78.2 Å². The Hall–Kier alpha value is -3.37. The number of H-pyrrole nitrogens is 1. The van der Waals surface area contributed by atoms with E-state index in [1.165, 1.54) is 31.4 Å². The first kappa shape index (κ1) is 29.2. The van der Waals surface area contributed by atoms with Gasteiger partial charge in [0.25, 0.3) is 10.0 Å². The number of aromatic amines is 1. The van der Waals surface area contributed by atoms with Crippen LogP contribution in [0.1, 0.15) is 29.3 Å². The predicted octanol–water partition coefficient (Wildman–Crippen LogP) is 1.97. The fourth-order valence-corrected chi connectivity index (χ4v) is 4.98. The van der Waals surface area contributed by atoms with Gasteiger partial charge in [-0.05, 0) is 42.5 Å². The van der Waals surface area contributed by atoms with Gasteiger partial charge in [-0.3, -0.25) is 9.59 Å². The minimum atomic E-state index is -4.02. The number of sulfonamides is 1. The number of rotatable bonds is 9. The first-order chi connectivity index (χ1) is 17.7. The molecule has 190 valence electrons. The van der Waals surface area contributed by atoms with Gasteiger partial charge >= 0.3 is 29.6 Å². The van der Waals surface area contributed by atoms with Gasteiger partial charge in [0, 0.05) is 45.7 Å². The van der Waals surface area contributed by atoms with E-state index >= 15 is 0 Å². The fourth-order valence-electron chi connectivity index (χ4n) is 3.93. The van der Waals surface area contributed by atoms with E-state index in [1.54, 1.807) is 26.2 Å². The number of aromatic nitrogens is 1. The van der Waals surface area contributed by atoms with Gasteiger partial charge in [-0.25, -0.2) is 13.1 Å². The molecule has 4 aromatic rings. The molecule has 0 bridgehead atoms. The maximum Gasteiger partial charge on any atom is 1.00 e. The molecule has 0 saturated heterocycles. The van der Waals surface area contributed by atoms with Gasteiger partial charge in [-0.2, -0.15) is 0 Å². The second-order valence-corrected chi connectivity index (χ2v) is 9.92. The predicted molar refractivity (Wildman–Crippen MR) is 142 cm³/mol. The summed E-state index contributed by atoms with van der Waals surface area (Å²) in [5.41, 5.74) is 3.33. The topological polar surface area (TPSA) is 115 Å². The van der Waals surface area contributed by atoms with Crippen LogP contribution in [0, 0.1) is 0 Å². The number of hydrogen-bond acceptors (Lipinski definition) is 6. The van der Waals surface area contributed by atoms with Crippen LogP contribution in [0.4, 0.5) is 0 Å². The molecule has 1 amide bonds. The Labute approximate surface area is 243 Å². The molecule has 1 aromatic heterocycles. The normalized spacial score (nSPS) is 10.9. The summed E-state index contributed by atoms with van der Waals surface area (Å²) in [6, 6.07) is 18.6. The van der Waals surface area contributed by atoms with E-state index in [0.717, 1.165) is 22.2 Å². The van der Waals surface area contributed by atoms with Gasteiger partial charge in [-0.1, -0.05) is 31.7 Å². The zero-order chi connectivity index (χ0) is 26.7. The van der Waals surface area contributed by atoms with Gasteiger partial charge in [-0.15, -0.1) is 0 Å². The molecule has 10 heteroatoms. The summed E-state index contributed by atoms with van der Waals surface area (Å²) in [5, 5.41) is 1.02. The van der Waals surface area contributed by atoms with Crippen molar-refractivity contribution in [1.82, 2.24) is 9.71 Å². The van der Waals surface area contributed by atoms with Crippen LogP contribution < -0.4 is 43.8 Å². The molecule has 2 N–H and O–H groups in total. The fraction of sp³-hybridized carbons (Fsp3) is 0.143. The zero-order valence-electron chi connectivity index (χ0n) is 21.6. The van der Waals surface area contributed by atoms with Crippen molar-refractivity contribution in [2.24, 2.45) is 0 Å². The van der Waals surface area contributed by atoms with Crippen LogP contribution in [-0.4, -0.2) is 39.3 Å². The van der Waals surface area contributed by atoms with Crippen LogP contribution in [0.3, 0.4) is 0 Å². The first-order valence-electron chi connectivity index (χ1n) is 11.4. The molecule has 0 spiro atoms. The number of carbonyl (C=O) groups excluding carboxylic acids is 2. The molecule has 0 atom stereocenters. The van der Waals surface area contributed by atoms with Gasteiger partial charge in [0.15, 0.2) is 5.78 Å². The molecule has 3 aromatic carbocycles. The number of fused-ring (bicyclic) bond motifs is 1. The average molecular weight is 542 g/mol. The number of amides is 1. The Balaban J connectivity index is 0.00000400.